The van der Waals surface area contributed by atoms with Gasteiger partial charge in [-0.15, -0.1) is 0 Å². The van der Waals surface area contributed by atoms with E-state index in [1.165, 1.54) is 0 Å². The molecule has 0 radical (unpaired) electrons. The Balaban J connectivity index is 2.76. The molecule has 0 aliphatic rings. The van der Waals surface area contributed by atoms with E-state index >= 15 is 0 Å². The van der Waals surface area contributed by atoms with Crippen LogP contribution < -0.4 is 0 Å². The van der Waals surface area contributed by atoms with Crippen molar-refractivity contribution in [1.82, 2.24) is 4.98 Å². The van der Waals surface area contributed by atoms with E-state index in [4.69, 9.17) is 0 Å². The van der Waals surface area contributed by atoms with Gasteiger partial charge in [0.2, 0.25) is 0 Å². The van der Waals surface area contributed by atoms with Gasteiger partial charge in [-0.2, -0.15) is 0 Å². The molecule has 1 heterocycles. The zero-order chi connectivity index (χ0) is 10.3. The summed E-state index contributed by atoms with van der Waals surface area (Å²) in [5, 5.41) is 20.3. The van der Waals surface area contributed by atoms with Crippen molar-refractivity contribution in [1.29, 1.82) is 0 Å². The van der Waals surface area contributed by atoms with Gasteiger partial charge in [-0.05, 0) is 19.9 Å². The maximum Gasteiger partial charge on any atom is 0.139 e. The summed E-state index contributed by atoms with van der Waals surface area (Å²) in [5.74, 6) is 0.206. The molecule has 0 saturated carbocycles. The zero-order valence-electron chi connectivity index (χ0n) is 8.20. The largest absolute Gasteiger partial charge is 0.506 e. The molecule has 0 saturated heterocycles. The minimum atomic E-state index is -0.897. The summed E-state index contributed by atoms with van der Waals surface area (Å²) in [7, 11) is 0. The molecule has 0 aliphatic heterocycles. The van der Waals surface area contributed by atoms with Gasteiger partial charge in [0.15, 0.2) is 0 Å². The Labute approximate surface area is 82.0 Å². The first-order valence-corrected chi connectivity index (χ1v) is 4.52. The van der Waals surface area contributed by atoms with Crippen LogP contribution in [0.2, 0.25) is 0 Å². The van der Waals surface area contributed by atoms with Crippen molar-refractivity contribution in [2.45, 2.75) is 19.4 Å². The number of hydrogen-bond donors (Lipinski definition) is 3. The van der Waals surface area contributed by atoms with Gasteiger partial charge in [-0.3, -0.25) is 0 Å². The first-order chi connectivity index (χ1) is 6.50. The third-order valence-electron chi connectivity index (χ3n) is 2.35. The number of phenols is 1. The van der Waals surface area contributed by atoms with Gasteiger partial charge in [0.05, 0.1) is 11.1 Å². The number of phenolic OH excluding ortho intramolecular Hbond substituents is 1. The van der Waals surface area contributed by atoms with Crippen molar-refractivity contribution in [2.75, 3.05) is 0 Å². The molecule has 3 nitrogen and oxygen atoms in total. The highest BCUT2D eigenvalue weighted by atomic mass is 16.3. The molecule has 0 spiro atoms. The number of aromatic amines is 1. The molecular formula is C11H13NO2. The van der Waals surface area contributed by atoms with Crippen LogP contribution >= 0.6 is 0 Å². The highest BCUT2D eigenvalue weighted by Gasteiger charge is 2.20. The van der Waals surface area contributed by atoms with Gasteiger partial charge >= 0.3 is 0 Å². The van der Waals surface area contributed by atoms with Gasteiger partial charge < -0.3 is 15.2 Å². The van der Waals surface area contributed by atoms with E-state index < -0.39 is 5.60 Å². The van der Waals surface area contributed by atoms with Gasteiger partial charge in [0.1, 0.15) is 5.75 Å². The van der Waals surface area contributed by atoms with Crippen LogP contribution in [0.5, 0.6) is 5.75 Å². The Hall–Kier alpha value is -1.48. The number of aromatic hydroxyl groups is 1. The Kier molecular flexibility index (Phi) is 1.79. The monoisotopic (exact) mass is 191 g/mol. The van der Waals surface area contributed by atoms with E-state index in [9.17, 15) is 10.2 Å². The lowest BCUT2D eigenvalue weighted by atomic mass is 9.98. The normalized spacial score (nSPS) is 12.2. The molecular weight excluding hydrogens is 178 g/mol. The molecule has 14 heavy (non-hydrogen) atoms. The molecule has 1 aromatic carbocycles. The Morgan fingerprint density at radius 3 is 2.64 bits per heavy atom. The molecule has 1 aromatic heterocycles. The molecule has 2 rings (SSSR count). The van der Waals surface area contributed by atoms with Crippen LogP contribution in [-0.4, -0.2) is 15.2 Å². The lowest BCUT2D eigenvalue weighted by Crippen LogP contribution is -2.14. The van der Waals surface area contributed by atoms with Crippen LogP contribution in [0, 0.1) is 0 Å². The third-order valence-corrected chi connectivity index (χ3v) is 2.35. The first-order valence-electron chi connectivity index (χ1n) is 4.52. The molecule has 3 N–H and O–H groups in total. The molecule has 2 aromatic rings. The molecule has 0 aliphatic carbocycles. The second-order valence-electron chi connectivity index (χ2n) is 3.96. The number of para-hydroxylation sites is 1. The fraction of sp³-hybridized carbons (Fsp3) is 0.273. The number of aliphatic hydroxyl groups is 1. The van der Waals surface area contributed by atoms with Crippen molar-refractivity contribution >= 4 is 10.9 Å². The third kappa shape index (κ3) is 1.26. The van der Waals surface area contributed by atoms with Crippen LogP contribution in [-0.2, 0) is 5.60 Å². The van der Waals surface area contributed by atoms with Crippen molar-refractivity contribution in [3.63, 3.8) is 0 Å². The lowest BCUT2D eigenvalue weighted by molar-refractivity contribution is 0.0802. The summed E-state index contributed by atoms with van der Waals surface area (Å²) in [5.41, 5.74) is 0.569. The molecule has 0 unspecified atom stereocenters. The predicted molar refractivity (Wildman–Crippen MR) is 55.2 cm³/mol. The van der Waals surface area contributed by atoms with Crippen LogP contribution in [0.4, 0.5) is 0 Å². The van der Waals surface area contributed by atoms with E-state index in [0.29, 0.717) is 5.52 Å². The summed E-state index contributed by atoms with van der Waals surface area (Å²) in [6, 6.07) is 5.26. The minimum Gasteiger partial charge on any atom is -0.506 e. The maximum absolute atomic E-state index is 9.87. The van der Waals surface area contributed by atoms with Crippen molar-refractivity contribution in [3.05, 3.63) is 30.0 Å². The second kappa shape index (κ2) is 2.75. The maximum atomic E-state index is 9.87. The lowest BCUT2D eigenvalue weighted by Gasteiger charge is -2.15. The topological polar surface area (TPSA) is 56.2 Å². The molecule has 0 atom stereocenters. The minimum absolute atomic E-state index is 0.206. The zero-order valence-corrected chi connectivity index (χ0v) is 8.20. The smallest absolute Gasteiger partial charge is 0.139 e. The van der Waals surface area contributed by atoms with E-state index in [0.717, 1.165) is 10.9 Å². The molecule has 74 valence electrons. The van der Waals surface area contributed by atoms with Crippen LogP contribution in [0.15, 0.2) is 24.4 Å². The van der Waals surface area contributed by atoms with Crippen molar-refractivity contribution in [2.24, 2.45) is 0 Å². The van der Waals surface area contributed by atoms with Gasteiger partial charge in [0.25, 0.3) is 0 Å². The van der Waals surface area contributed by atoms with Gasteiger partial charge in [0, 0.05) is 17.1 Å². The molecule has 0 amide bonds. The second-order valence-corrected chi connectivity index (χ2v) is 3.96. The first kappa shape index (κ1) is 9.09. The predicted octanol–water partition coefficient (Wildman–Crippen LogP) is 2.10. The van der Waals surface area contributed by atoms with Crippen molar-refractivity contribution in [3.8, 4) is 5.75 Å². The SMILES string of the molecule is CC(C)(O)c1c[nH]c2c(O)cccc12. The van der Waals surface area contributed by atoms with Gasteiger partial charge in [-0.1, -0.05) is 12.1 Å². The van der Waals surface area contributed by atoms with Crippen LogP contribution in [0.3, 0.4) is 0 Å². The van der Waals surface area contributed by atoms with Crippen molar-refractivity contribution < 1.29 is 10.2 Å². The number of H-pyrrole nitrogens is 1. The number of hydrogen-bond acceptors (Lipinski definition) is 2. The van der Waals surface area contributed by atoms with E-state index in [1.54, 1.807) is 32.2 Å². The van der Waals surface area contributed by atoms with Gasteiger partial charge in [-0.25, -0.2) is 0 Å². The summed E-state index contributed by atoms with van der Waals surface area (Å²) >= 11 is 0. The molecule has 3 heteroatoms. The summed E-state index contributed by atoms with van der Waals surface area (Å²) in [6.45, 7) is 3.44. The number of nitrogens with one attached hydrogen (secondary N) is 1. The standard InChI is InChI=1S/C11H13NO2/c1-11(2,14)8-6-12-10-7(8)4-3-5-9(10)13/h3-6,12-14H,1-2H3. The Bertz CT molecular complexity index is 466. The number of rotatable bonds is 1. The fourth-order valence-corrected chi connectivity index (χ4v) is 1.64. The number of fused-ring (bicyclic) bond motifs is 1. The van der Waals surface area contributed by atoms with Crippen LogP contribution in [0.1, 0.15) is 19.4 Å². The Morgan fingerprint density at radius 2 is 2.00 bits per heavy atom. The molecule has 0 fully saturated rings. The van der Waals surface area contributed by atoms with E-state index in [1.807, 2.05) is 6.07 Å². The fourth-order valence-electron chi connectivity index (χ4n) is 1.64. The Morgan fingerprint density at radius 1 is 1.29 bits per heavy atom. The highest BCUT2D eigenvalue weighted by molar-refractivity contribution is 5.88. The summed E-state index contributed by atoms with van der Waals surface area (Å²) in [4.78, 5) is 2.95. The number of benzene rings is 1. The quantitative estimate of drug-likeness (QED) is 0.646. The van der Waals surface area contributed by atoms with E-state index in [2.05, 4.69) is 4.98 Å². The highest BCUT2D eigenvalue weighted by Crippen LogP contribution is 2.31. The average molecular weight is 191 g/mol. The van der Waals surface area contributed by atoms with E-state index in [-0.39, 0.29) is 5.75 Å². The average Bonchev–Trinajstić information content (AvgIpc) is 2.47. The summed E-state index contributed by atoms with van der Waals surface area (Å²) < 4.78 is 0. The number of aromatic nitrogens is 1. The summed E-state index contributed by atoms with van der Waals surface area (Å²) in [6.07, 6.45) is 1.73. The molecule has 0 bridgehead atoms. The van der Waals surface area contributed by atoms with Crippen LogP contribution in [0.25, 0.3) is 10.9 Å².